The normalized spacial score (nSPS) is 22.6. The summed E-state index contributed by atoms with van der Waals surface area (Å²) in [5.74, 6) is -0.0532. The Labute approximate surface area is 160 Å². The summed E-state index contributed by atoms with van der Waals surface area (Å²) in [4.78, 5) is 23.3. The van der Waals surface area contributed by atoms with Crippen LogP contribution >= 0.6 is 0 Å². The monoisotopic (exact) mass is 368 g/mol. The number of hydrogen-bond acceptors (Lipinski definition) is 4. The van der Waals surface area contributed by atoms with E-state index in [0.717, 1.165) is 64.2 Å². The fourth-order valence-electron chi connectivity index (χ4n) is 3.38. The Morgan fingerprint density at radius 3 is 1.00 bits per heavy atom. The first-order chi connectivity index (χ1) is 12.8. The van der Waals surface area contributed by atoms with Crippen LogP contribution in [0.4, 0.5) is 0 Å². The summed E-state index contributed by atoms with van der Waals surface area (Å²) >= 11 is 0. The second kappa shape index (κ2) is 17.4. The van der Waals surface area contributed by atoms with Crippen molar-refractivity contribution < 1.29 is 19.1 Å². The molecule has 0 N–H and O–H groups in total. The molecule has 4 heteroatoms. The fraction of sp³-hybridized carbons (Fsp3) is 0.909. The van der Waals surface area contributed by atoms with Gasteiger partial charge >= 0.3 is 11.9 Å². The molecular weight excluding hydrogens is 328 g/mol. The Balaban J connectivity index is 2.15. The first-order valence-corrected chi connectivity index (χ1v) is 11.1. The minimum Gasteiger partial charge on any atom is -0.466 e. The van der Waals surface area contributed by atoms with Crippen LogP contribution in [0.3, 0.4) is 0 Å². The van der Waals surface area contributed by atoms with Gasteiger partial charge < -0.3 is 9.47 Å². The summed E-state index contributed by atoms with van der Waals surface area (Å²) in [5, 5.41) is 0. The van der Waals surface area contributed by atoms with Gasteiger partial charge in [-0.05, 0) is 25.7 Å². The maximum absolute atomic E-state index is 11.7. The molecule has 0 aromatic carbocycles. The molecule has 0 aromatic rings. The fourth-order valence-corrected chi connectivity index (χ4v) is 3.38. The molecule has 0 aromatic heterocycles. The van der Waals surface area contributed by atoms with Gasteiger partial charge in [-0.1, -0.05) is 77.0 Å². The third kappa shape index (κ3) is 15.2. The highest BCUT2D eigenvalue weighted by atomic mass is 16.5. The summed E-state index contributed by atoms with van der Waals surface area (Å²) in [6, 6.07) is 0. The quantitative estimate of drug-likeness (QED) is 0.484. The van der Waals surface area contributed by atoms with Gasteiger partial charge in [-0.15, -0.1) is 0 Å². The third-order valence-electron chi connectivity index (χ3n) is 5.08. The highest BCUT2D eigenvalue weighted by Gasteiger charge is 2.04. The Hall–Kier alpha value is -1.06. The Morgan fingerprint density at radius 1 is 0.385 bits per heavy atom. The number of esters is 2. The van der Waals surface area contributed by atoms with Crippen LogP contribution in [0.15, 0.2) is 0 Å². The smallest absolute Gasteiger partial charge is 0.305 e. The van der Waals surface area contributed by atoms with Crippen molar-refractivity contribution in [1.82, 2.24) is 0 Å². The van der Waals surface area contributed by atoms with Gasteiger partial charge in [0.15, 0.2) is 0 Å². The average molecular weight is 369 g/mol. The minimum absolute atomic E-state index is 0.0266. The molecular formula is C22H40O4. The molecule has 0 saturated carbocycles. The maximum atomic E-state index is 11.7. The Kier molecular flexibility index (Phi) is 15.3. The SMILES string of the molecule is O=C1CCCCCCCCCCCCC(=O)OCCCCCCCCO1. The standard InChI is InChI=1S/C22H40O4/c23-21-17-13-9-5-3-1-2-4-6-10-14-18-22(24)26-20-16-12-8-7-11-15-19-25-21/h1-20H2. The van der Waals surface area contributed by atoms with Gasteiger partial charge in [0, 0.05) is 12.8 Å². The summed E-state index contributed by atoms with van der Waals surface area (Å²) in [6.45, 7) is 1.13. The molecule has 1 aliphatic heterocycles. The number of carbonyl (C=O) groups excluding carboxylic acids is 2. The van der Waals surface area contributed by atoms with E-state index >= 15 is 0 Å². The molecule has 0 atom stereocenters. The van der Waals surface area contributed by atoms with Gasteiger partial charge in [0.2, 0.25) is 0 Å². The molecule has 1 heterocycles. The zero-order valence-electron chi connectivity index (χ0n) is 16.8. The zero-order valence-corrected chi connectivity index (χ0v) is 16.8. The molecule has 0 bridgehead atoms. The van der Waals surface area contributed by atoms with E-state index in [-0.39, 0.29) is 11.9 Å². The van der Waals surface area contributed by atoms with Crippen molar-refractivity contribution in [2.45, 2.75) is 116 Å². The summed E-state index contributed by atoms with van der Waals surface area (Å²) < 4.78 is 10.6. The highest BCUT2D eigenvalue weighted by Crippen LogP contribution is 2.13. The van der Waals surface area contributed by atoms with Crippen LogP contribution in [-0.4, -0.2) is 25.2 Å². The lowest BCUT2D eigenvalue weighted by Crippen LogP contribution is -2.06. The molecule has 1 saturated heterocycles. The molecule has 0 unspecified atom stereocenters. The lowest BCUT2D eigenvalue weighted by molar-refractivity contribution is -0.144. The second-order valence-electron chi connectivity index (χ2n) is 7.60. The lowest BCUT2D eigenvalue weighted by atomic mass is 10.1. The molecule has 26 heavy (non-hydrogen) atoms. The molecule has 0 radical (unpaired) electrons. The molecule has 152 valence electrons. The van der Waals surface area contributed by atoms with E-state index in [0.29, 0.717) is 26.1 Å². The zero-order chi connectivity index (χ0) is 18.7. The van der Waals surface area contributed by atoms with Crippen LogP contribution in [0.2, 0.25) is 0 Å². The summed E-state index contributed by atoms with van der Waals surface area (Å²) in [6.07, 6.45) is 19.4. The van der Waals surface area contributed by atoms with Crippen LogP contribution in [0.1, 0.15) is 116 Å². The van der Waals surface area contributed by atoms with Gasteiger partial charge in [-0.25, -0.2) is 0 Å². The number of ether oxygens (including phenoxy) is 2. The largest absolute Gasteiger partial charge is 0.466 e. The molecule has 1 fully saturated rings. The molecule has 0 aliphatic carbocycles. The van der Waals surface area contributed by atoms with Gasteiger partial charge in [-0.2, -0.15) is 0 Å². The van der Waals surface area contributed by atoms with E-state index in [1.165, 1.54) is 38.5 Å². The van der Waals surface area contributed by atoms with Crippen molar-refractivity contribution in [2.24, 2.45) is 0 Å². The van der Waals surface area contributed by atoms with Crippen molar-refractivity contribution in [3.63, 3.8) is 0 Å². The summed E-state index contributed by atoms with van der Waals surface area (Å²) in [7, 11) is 0. The van der Waals surface area contributed by atoms with Crippen molar-refractivity contribution in [1.29, 1.82) is 0 Å². The van der Waals surface area contributed by atoms with Crippen molar-refractivity contribution in [3.8, 4) is 0 Å². The maximum Gasteiger partial charge on any atom is 0.305 e. The van der Waals surface area contributed by atoms with Gasteiger partial charge in [-0.3, -0.25) is 9.59 Å². The van der Waals surface area contributed by atoms with Crippen molar-refractivity contribution >= 4 is 11.9 Å². The molecule has 0 amide bonds. The van der Waals surface area contributed by atoms with Gasteiger partial charge in [0.25, 0.3) is 0 Å². The first kappa shape index (κ1) is 23.0. The van der Waals surface area contributed by atoms with Crippen LogP contribution in [0.25, 0.3) is 0 Å². The number of hydrogen-bond donors (Lipinski definition) is 0. The average Bonchev–Trinajstić information content (AvgIpc) is 2.63. The van der Waals surface area contributed by atoms with E-state index in [1.807, 2.05) is 0 Å². The molecule has 1 aliphatic rings. The van der Waals surface area contributed by atoms with E-state index < -0.39 is 0 Å². The van der Waals surface area contributed by atoms with Crippen LogP contribution < -0.4 is 0 Å². The van der Waals surface area contributed by atoms with Crippen LogP contribution in [0, 0.1) is 0 Å². The van der Waals surface area contributed by atoms with E-state index in [1.54, 1.807) is 0 Å². The number of rotatable bonds is 0. The Bertz CT molecular complexity index is 320. The van der Waals surface area contributed by atoms with Crippen molar-refractivity contribution in [3.05, 3.63) is 0 Å². The minimum atomic E-state index is -0.0266. The van der Waals surface area contributed by atoms with Crippen LogP contribution in [-0.2, 0) is 19.1 Å². The number of cyclic esters (lactones) is 2. The number of carbonyl (C=O) groups is 2. The van der Waals surface area contributed by atoms with Gasteiger partial charge in [0.1, 0.15) is 0 Å². The second-order valence-corrected chi connectivity index (χ2v) is 7.60. The molecule has 0 spiro atoms. The first-order valence-electron chi connectivity index (χ1n) is 11.1. The van der Waals surface area contributed by atoms with E-state index in [9.17, 15) is 9.59 Å². The molecule has 4 nitrogen and oxygen atoms in total. The predicted molar refractivity (Wildman–Crippen MR) is 105 cm³/mol. The highest BCUT2D eigenvalue weighted by molar-refractivity contribution is 5.69. The predicted octanol–water partition coefficient (Wildman–Crippen LogP) is 6.11. The topological polar surface area (TPSA) is 52.6 Å². The summed E-state index contributed by atoms with van der Waals surface area (Å²) in [5.41, 5.74) is 0. The third-order valence-corrected chi connectivity index (χ3v) is 5.08. The van der Waals surface area contributed by atoms with Crippen LogP contribution in [0.5, 0.6) is 0 Å². The van der Waals surface area contributed by atoms with Gasteiger partial charge in [0.05, 0.1) is 13.2 Å². The van der Waals surface area contributed by atoms with E-state index in [2.05, 4.69) is 0 Å². The molecule has 1 rings (SSSR count). The lowest BCUT2D eigenvalue weighted by Gasteiger charge is -2.07. The van der Waals surface area contributed by atoms with E-state index in [4.69, 9.17) is 9.47 Å². The van der Waals surface area contributed by atoms with Crippen molar-refractivity contribution in [2.75, 3.05) is 13.2 Å². The Morgan fingerprint density at radius 2 is 0.654 bits per heavy atom.